The van der Waals surface area contributed by atoms with Gasteiger partial charge in [-0.3, -0.25) is 0 Å². The van der Waals surface area contributed by atoms with Crippen LogP contribution >= 0.6 is 0 Å². The van der Waals surface area contributed by atoms with E-state index in [4.69, 9.17) is 5.73 Å². The Balaban J connectivity index is 2.27. The van der Waals surface area contributed by atoms with Crippen molar-refractivity contribution in [3.8, 4) is 0 Å². The fourth-order valence-corrected chi connectivity index (χ4v) is 2.62. The lowest BCUT2D eigenvalue weighted by atomic mass is 10.1. The van der Waals surface area contributed by atoms with Gasteiger partial charge in [0.15, 0.2) is 0 Å². The summed E-state index contributed by atoms with van der Waals surface area (Å²) in [5.74, 6) is 1.39. The van der Waals surface area contributed by atoms with E-state index in [2.05, 4.69) is 21.8 Å². The molecule has 0 saturated carbocycles. The lowest BCUT2D eigenvalue weighted by Crippen LogP contribution is -2.35. The Kier molecular flexibility index (Phi) is 3.82. The number of aryl methyl sites for hydroxylation is 1. The third-order valence-corrected chi connectivity index (χ3v) is 3.50. The van der Waals surface area contributed by atoms with Crippen LogP contribution in [-0.4, -0.2) is 22.6 Å². The molecule has 1 atom stereocenters. The van der Waals surface area contributed by atoms with Crippen molar-refractivity contribution in [1.29, 1.82) is 0 Å². The molecule has 4 heteroatoms. The largest absolute Gasteiger partial charge is 0.368 e. The number of nitrogen functional groups attached to an aromatic ring is 1. The Bertz CT molecular complexity index is 357. The summed E-state index contributed by atoms with van der Waals surface area (Å²) in [7, 11) is 0. The molecule has 0 amide bonds. The second-order valence-electron chi connectivity index (χ2n) is 4.83. The second-order valence-corrected chi connectivity index (χ2v) is 4.83. The highest BCUT2D eigenvalue weighted by Crippen LogP contribution is 2.25. The van der Waals surface area contributed by atoms with Crippen LogP contribution in [0.1, 0.15) is 44.7 Å². The summed E-state index contributed by atoms with van der Waals surface area (Å²) < 4.78 is 0. The van der Waals surface area contributed by atoms with Gasteiger partial charge in [0.05, 0.1) is 0 Å². The maximum absolute atomic E-state index is 5.74. The molecule has 1 aliphatic heterocycles. The highest BCUT2D eigenvalue weighted by Gasteiger charge is 2.21. The van der Waals surface area contributed by atoms with Crippen LogP contribution in [0.3, 0.4) is 0 Å². The summed E-state index contributed by atoms with van der Waals surface area (Å²) in [6, 6.07) is 2.65. The fraction of sp³-hybridized carbons (Fsp3) is 0.692. The highest BCUT2D eigenvalue weighted by molar-refractivity contribution is 5.44. The summed E-state index contributed by atoms with van der Waals surface area (Å²) in [4.78, 5) is 10.9. The molecular formula is C13H22N4. The van der Waals surface area contributed by atoms with Crippen molar-refractivity contribution in [3.63, 3.8) is 0 Å². The summed E-state index contributed by atoms with van der Waals surface area (Å²) in [5.41, 5.74) is 6.69. The Labute approximate surface area is 103 Å². The van der Waals surface area contributed by atoms with Crippen LogP contribution in [0.2, 0.25) is 0 Å². The van der Waals surface area contributed by atoms with Crippen LogP contribution in [0, 0.1) is 6.92 Å². The molecule has 2 heterocycles. The quantitative estimate of drug-likeness (QED) is 0.854. The molecule has 0 aromatic carbocycles. The normalized spacial score (nSPS) is 21.3. The van der Waals surface area contributed by atoms with E-state index in [0.717, 1.165) is 18.1 Å². The molecule has 2 rings (SSSR count). The van der Waals surface area contributed by atoms with Crippen LogP contribution in [0.15, 0.2) is 6.07 Å². The topological polar surface area (TPSA) is 55.0 Å². The third-order valence-electron chi connectivity index (χ3n) is 3.50. The summed E-state index contributed by atoms with van der Waals surface area (Å²) in [6.07, 6.45) is 6.34. The van der Waals surface area contributed by atoms with Crippen molar-refractivity contribution >= 4 is 11.8 Å². The van der Waals surface area contributed by atoms with Gasteiger partial charge in [-0.1, -0.05) is 19.8 Å². The second kappa shape index (κ2) is 5.34. The summed E-state index contributed by atoms with van der Waals surface area (Å²) >= 11 is 0. The van der Waals surface area contributed by atoms with Gasteiger partial charge < -0.3 is 10.6 Å². The minimum atomic E-state index is 0.388. The molecule has 1 aromatic rings. The Morgan fingerprint density at radius 1 is 1.35 bits per heavy atom. The van der Waals surface area contributed by atoms with Crippen LogP contribution in [0.5, 0.6) is 0 Å². The summed E-state index contributed by atoms with van der Waals surface area (Å²) in [5, 5.41) is 0. The maximum atomic E-state index is 5.74. The minimum absolute atomic E-state index is 0.388. The molecule has 0 radical (unpaired) electrons. The maximum Gasteiger partial charge on any atom is 0.222 e. The third kappa shape index (κ3) is 2.87. The Hall–Kier alpha value is -1.32. The number of hydrogen-bond donors (Lipinski definition) is 1. The van der Waals surface area contributed by atoms with Crippen LogP contribution in [-0.2, 0) is 0 Å². The Morgan fingerprint density at radius 3 is 2.88 bits per heavy atom. The van der Waals surface area contributed by atoms with Gasteiger partial charge in [0, 0.05) is 24.3 Å². The van der Waals surface area contributed by atoms with Gasteiger partial charge >= 0.3 is 0 Å². The van der Waals surface area contributed by atoms with E-state index in [1.54, 1.807) is 0 Å². The molecule has 94 valence electrons. The van der Waals surface area contributed by atoms with Gasteiger partial charge in [-0.15, -0.1) is 0 Å². The number of nitrogens with two attached hydrogens (primary N) is 1. The van der Waals surface area contributed by atoms with E-state index in [1.165, 1.54) is 32.1 Å². The zero-order valence-corrected chi connectivity index (χ0v) is 10.8. The van der Waals surface area contributed by atoms with E-state index in [0.29, 0.717) is 12.0 Å². The predicted molar refractivity (Wildman–Crippen MR) is 71.1 cm³/mol. The van der Waals surface area contributed by atoms with Gasteiger partial charge in [0.1, 0.15) is 5.82 Å². The van der Waals surface area contributed by atoms with Gasteiger partial charge in [0.2, 0.25) is 5.95 Å². The molecule has 1 saturated heterocycles. The molecule has 1 unspecified atom stereocenters. The lowest BCUT2D eigenvalue weighted by Gasteiger charge is -2.30. The van der Waals surface area contributed by atoms with Crippen LogP contribution in [0.4, 0.5) is 11.8 Å². The Morgan fingerprint density at radius 2 is 2.18 bits per heavy atom. The van der Waals surface area contributed by atoms with E-state index in [1.807, 2.05) is 13.0 Å². The van der Waals surface area contributed by atoms with Crippen molar-refractivity contribution in [2.24, 2.45) is 0 Å². The zero-order valence-electron chi connectivity index (χ0n) is 10.8. The SMILES string of the molecule is CCC1CCCCCN1c1cc(C)nc(N)n1. The van der Waals surface area contributed by atoms with Crippen LogP contribution in [0.25, 0.3) is 0 Å². The number of hydrogen-bond acceptors (Lipinski definition) is 4. The first kappa shape index (κ1) is 12.1. The first-order valence-corrected chi connectivity index (χ1v) is 6.58. The molecule has 4 nitrogen and oxygen atoms in total. The molecule has 0 aliphatic carbocycles. The number of anilines is 2. The standard InChI is InChI=1S/C13H22N4/c1-3-11-7-5-4-6-8-17(11)12-9-10(2)15-13(14)16-12/h9,11H,3-8H2,1-2H3,(H2,14,15,16). The monoisotopic (exact) mass is 234 g/mol. The zero-order chi connectivity index (χ0) is 12.3. The first-order chi connectivity index (χ1) is 8.20. The van der Waals surface area contributed by atoms with Crippen molar-refractivity contribution in [2.75, 3.05) is 17.2 Å². The van der Waals surface area contributed by atoms with Crippen molar-refractivity contribution in [2.45, 2.75) is 52.0 Å². The number of nitrogens with zero attached hydrogens (tertiary/aromatic N) is 3. The van der Waals surface area contributed by atoms with E-state index in [9.17, 15) is 0 Å². The fourth-order valence-electron chi connectivity index (χ4n) is 2.62. The van der Waals surface area contributed by atoms with Crippen molar-refractivity contribution in [3.05, 3.63) is 11.8 Å². The summed E-state index contributed by atoms with van der Waals surface area (Å²) in [6.45, 7) is 5.31. The average molecular weight is 234 g/mol. The first-order valence-electron chi connectivity index (χ1n) is 6.58. The number of aromatic nitrogens is 2. The smallest absolute Gasteiger partial charge is 0.222 e. The molecule has 1 fully saturated rings. The van der Waals surface area contributed by atoms with Crippen molar-refractivity contribution < 1.29 is 0 Å². The molecule has 1 aromatic heterocycles. The molecule has 0 bridgehead atoms. The van der Waals surface area contributed by atoms with Crippen molar-refractivity contribution in [1.82, 2.24) is 9.97 Å². The van der Waals surface area contributed by atoms with Gasteiger partial charge in [-0.2, -0.15) is 4.98 Å². The van der Waals surface area contributed by atoms with E-state index in [-0.39, 0.29) is 0 Å². The van der Waals surface area contributed by atoms with Gasteiger partial charge in [-0.25, -0.2) is 4.98 Å². The van der Waals surface area contributed by atoms with E-state index < -0.39 is 0 Å². The minimum Gasteiger partial charge on any atom is -0.368 e. The number of rotatable bonds is 2. The molecular weight excluding hydrogens is 212 g/mol. The molecule has 1 aliphatic rings. The highest BCUT2D eigenvalue weighted by atomic mass is 15.2. The average Bonchev–Trinajstić information content (AvgIpc) is 2.52. The van der Waals surface area contributed by atoms with Crippen LogP contribution < -0.4 is 10.6 Å². The predicted octanol–water partition coefficient (Wildman–Crippen LogP) is 2.53. The molecule has 17 heavy (non-hydrogen) atoms. The lowest BCUT2D eigenvalue weighted by molar-refractivity contribution is 0.552. The molecule has 0 spiro atoms. The molecule has 2 N–H and O–H groups in total. The van der Waals surface area contributed by atoms with Gasteiger partial charge in [-0.05, 0) is 26.2 Å². The van der Waals surface area contributed by atoms with Gasteiger partial charge in [0.25, 0.3) is 0 Å². The van der Waals surface area contributed by atoms with E-state index >= 15 is 0 Å².